The maximum absolute atomic E-state index is 11.7. The predicted molar refractivity (Wildman–Crippen MR) is 88.6 cm³/mol. The van der Waals surface area contributed by atoms with Gasteiger partial charge in [-0.2, -0.15) is 5.10 Å². The number of hydrazone groups is 1. The Morgan fingerprint density at radius 3 is 2.35 bits per heavy atom. The largest absolute Gasteiger partial charge is 0.352 e. The fourth-order valence-corrected chi connectivity index (χ4v) is 2.38. The fraction of sp³-hybridized carbons (Fsp3) is 0.429. The van der Waals surface area contributed by atoms with E-state index in [1.807, 2.05) is 24.3 Å². The predicted octanol–water partition coefficient (Wildman–Crippen LogP) is 3.67. The Balaban J connectivity index is 0.00000200. The number of carbonyl (C=O) groups excluding carboxylic acids is 1. The summed E-state index contributed by atoms with van der Waals surface area (Å²) in [5.74, 6) is 0.536. The number of ketones is 1. The van der Waals surface area contributed by atoms with E-state index in [4.69, 9.17) is 0 Å². The van der Waals surface area contributed by atoms with Gasteiger partial charge in [0.25, 0.3) is 0 Å². The smallest absolute Gasteiger partial charge is 0.196 e. The van der Waals surface area contributed by atoms with Crippen LogP contribution in [0.5, 0.6) is 0 Å². The van der Waals surface area contributed by atoms with E-state index in [0.717, 1.165) is 36.1 Å². The summed E-state index contributed by atoms with van der Waals surface area (Å²) in [5, 5.41) is 4.27. The third kappa shape index (κ3) is 4.80. The van der Waals surface area contributed by atoms with Crippen LogP contribution in [0.15, 0.2) is 33.8 Å². The Kier molecular flexibility index (Phi) is 7.02. The summed E-state index contributed by atoms with van der Waals surface area (Å²) in [7, 11) is 0. The molecule has 110 valence electrons. The molecule has 20 heavy (non-hydrogen) atoms. The molecule has 1 heterocycles. The Labute approximate surface area is 134 Å². The highest BCUT2D eigenvalue weighted by atomic mass is 79.9. The maximum Gasteiger partial charge on any atom is 0.196 e. The molecule has 1 N–H and O–H groups in total. The molecule has 1 aliphatic rings. The number of nitrogens with zero attached hydrogens (tertiary/aromatic N) is 2. The van der Waals surface area contributed by atoms with E-state index >= 15 is 0 Å². The molecular weight excluding hydrogens is 342 g/mol. The lowest BCUT2D eigenvalue weighted by Gasteiger charge is -2.28. The zero-order valence-electron chi connectivity index (χ0n) is 11.4. The molecule has 1 aromatic rings. The van der Waals surface area contributed by atoms with E-state index in [9.17, 15) is 4.79 Å². The first-order valence-electron chi connectivity index (χ1n) is 6.52. The van der Waals surface area contributed by atoms with E-state index in [1.54, 1.807) is 6.92 Å². The summed E-state index contributed by atoms with van der Waals surface area (Å²) >= 11 is 3.39. The molecule has 1 fully saturated rings. The van der Waals surface area contributed by atoms with E-state index in [1.165, 1.54) is 6.42 Å². The Bertz CT molecular complexity index is 470. The number of likely N-dealkylation sites (tertiary alicyclic amines) is 1. The summed E-state index contributed by atoms with van der Waals surface area (Å²) in [6.45, 7) is 3.40. The minimum Gasteiger partial charge on any atom is -0.352 e. The van der Waals surface area contributed by atoms with Crippen LogP contribution in [0.1, 0.15) is 26.2 Å². The van der Waals surface area contributed by atoms with Crippen molar-refractivity contribution in [1.29, 1.82) is 0 Å². The van der Waals surface area contributed by atoms with E-state index in [2.05, 4.69) is 31.4 Å². The molecule has 1 aromatic carbocycles. The second-order valence-electron chi connectivity index (χ2n) is 4.66. The van der Waals surface area contributed by atoms with Gasteiger partial charge in [-0.15, -0.1) is 12.4 Å². The summed E-state index contributed by atoms with van der Waals surface area (Å²) in [4.78, 5) is 13.8. The Morgan fingerprint density at radius 1 is 1.20 bits per heavy atom. The second kappa shape index (κ2) is 8.27. The molecule has 0 spiro atoms. The van der Waals surface area contributed by atoms with Crippen molar-refractivity contribution in [2.45, 2.75) is 26.2 Å². The zero-order chi connectivity index (χ0) is 13.7. The van der Waals surface area contributed by atoms with E-state index < -0.39 is 0 Å². The number of anilines is 1. The third-order valence-corrected chi connectivity index (χ3v) is 3.63. The van der Waals surface area contributed by atoms with Crippen molar-refractivity contribution < 1.29 is 4.79 Å². The third-order valence-electron chi connectivity index (χ3n) is 3.11. The summed E-state index contributed by atoms with van der Waals surface area (Å²) < 4.78 is 1.02. The van der Waals surface area contributed by atoms with Crippen LogP contribution in [0.3, 0.4) is 0 Å². The number of nitrogens with one attached hydrogen (secondary N) is 1. The van der Waals surface area contributed by atoms with Crippen LogP contribution in [-0.4, -0.2) is 29.6 Å². The lowest BCUT2D eigenvalue weighted by atomic mass is 10.1. The standard InChI is InChI=1S/C14H18BrN3O.ClH/c1-11(19)14(18-9-3-2-4-10-18)17-16-13-7-5-12(15)6-8-13;/h5-8,16H,2-4,9-10H2,1H3;1H. The van der Waals surface area contributed by atoms with Gasteiger partial charge >= 0.3 is 0 Å². The van der Waals surface area contributed by atoms with Crippen LogP contribution in [-0.2, 0) is 4.79 Å². The molecule has 1 aliphatic heterocycles. The van der Waals surface area contributed by atoms with Gasteiger partial charge in [-0.25, -0.2) is 0 Å². The highest BCUT2D eigenvalue weighted by Crippen LogP contribution is 2.15. The molecule has 2 rings (SSSR count). The van der Waals surface area contributed by atoms with Crippen molar-refractivity contribution in [3.8, 4) is 0 Å². The number of carbonyl (C=O) groups is 1. The van der Waals surface area contributed by atoms with Gasteiger partial charge in [-0.1, -0.05) is 15.9 Å². The maximum atomic E-state index is 11.7. The first kappa shape index (κ1) is 17.0. The number of halogens is 2. The van der Waals surface area contributed by atoms with Crippen molar-refractivity contribution in [1.82, 2.24) is 4.90 Å². The molecule has 6 heteroatoms. The number of hydrogen-bond acceptors (Lipinski definition) is 3. The van der Waals surface area contributed by atoms with Crippen molar-refractivity contribution >= 4 is 45.6 Å². The van der Waals surface area contributed by atoms with Crippen molar-refractivity contribution in [2.75, 3.05) is 18.5 Å². The van der Waals surface area contributed by atoms with Gasteiger partial charge in [0.15, 0.2) is 11.6 Å². The minimum atomic E-state index is 0. The summed E-state index contributed by atoms with van der Waals surface area (Å²) in [6, 6.07) is 7.71. The summed E-state index contributed by atoms with van der Waals surface area (Å²) in [6.07, 6.45) is 3.50. The van der Waals surface area contributed by atoms with Crippen LogP contribution in [0.4, 0.5) is 5.69 Å². The van der Waals surface area contributed by atoms with Gasteiger partial charge in [0.1, 0.15) is 0 Å². The number of amidine groups is 1. The quantitative estimate of drug-likeness (QED) is 0.508. The normalized spacial score (nSPS) is 15.5. The van der Waals surface area contributed by atoms with E-state index in [-0.39, 0.29) is 18.2 Å². The molecule has 0 atom stereocenters. The molecular formula is C14H19BrClN3O. The summed E-state index contributed by atoms with van der Waals surface area (Å²) in [5.41, 5.74) is 3.83. The zero-order valence-corrected chi connectivity index (χ0v) is 13.8. The van der Waals surface area contributed by atoms with Crippen LogP contribution in [0.2, 0.25) is 0 Å². The lowest BCUT2D eigenvalue weighted by Crippen LogP contribution is -2.39. The Hall–Kier alpha value is -1.07. The number of rotatable bonds is 3. The Morgan fingerprint density at radius 2 is 1.80 bits per heavy atom. The molecule has 0 aliphatic carbocycles. The van der Waals surface area contributed by atoms with Gasteiger partial charge in [0.2, 0.25) is 0 Å². The monoisotopic (exact) mass is 359 g/mol. The SMILES string of the molecule is CC(=O)C(=NNc1ccc(Br)cc1)N1CCCCC1.Cl. The fourth-order valence-electron chi connectivity index (χ4n) is 2.12. The van der Waals surface area contributed by atoms with Gasteiger partial charge in [-0.05, 0) is 43.5 Å². The molecule has 0 aromatic heterocycles. The highest BCUT2D eigenvalue weighted by Gasteiger charge is 2.18. The average Bonchev–Trinajstić information content (AvgIpc) is 2.42. The van der Waals surface area contributed by atoms with Crippen LogP contribution in [0.25, 0.3) is 0 Å². The number of piperidine rings is 1. The van der Waals surface area contributed by atoms with E-state index in [0.29, 0.717) is 5.84 Å². The molecule has 4 nitrogen and oxygen atoms in total. The van der Waals surface area contributed by atoms with Crippen LogP contribution in [0, 0.1) is 0 Å². The van der Waals surface area contributed by atoms with Crippen LogP contribution >= 0.6 is 28.3 Å². The van der Waals surface area contributed by atoms with Crippen molar-refractivity contribution in [3.05, 3.63) is 28.7 Å². The molecule has 0 unspecified atom stereocenters. The topological polar surface area (TPSA) is 44.7 Å². The molecule has 0 saturated carbocycles. The first-order chi connectivity index (χ1) is 9.16. The molecule has 0 radical (unpaired) electrons. The average molecular weight is 361 g/mol. The second-order valence-corrected chi connectivity index (χ2v) is 5.57. The lowest BCUT2D eigenvalue weighted by molar-refractivity contribution is -0.111. The van der Waals surface area contributed by atoms with Gasteiger partial charge < -0.3 is 4.90 Å². The van der Waals surface area contributed by atoms with Gasteiger partial charge in [-0.3, -0.25) is 10.2 Å². The number of benzene rings is 1. The number of hydrogen-bond donors (Lipinski definition) is 1. The molecule has 0 amide bonds. The minimum absolute atomic E-state index is 0. The van der Waals surface area contributed by atoms with Crippen molar-refractivity contribution in [2.24, 2.45) is 5.10 Å². The molecule has 1 saturated heterocycles. The highest BCUT2D eigenvalue weighted by molar-refractivity contribution is 9.10. The van der Waals surface area contributed by atoms with Gasteiger partial charge in [0, 0.05) is 24.5 Å². The van der Waals surface area contributed by atoms with Gasteiger partial charge in [0.05, 0.1) is 5.69 Å². The first-order valence-corrected chi connectivity index (χ1v) is 7.31. The molecule has 0 bridgehead atoms. The number of Topliss-reactive ketones (excluding diaryl/α,β-unsaturated/α-hetero) is 1. The van der Waals surface area contributed by atoms with Crippen LogP contribution < -0.4 is 5.43 Å². The van der Waals surface area contributed by atoms with Crippen molar-refractivity contribution in [3.63, 3.8) is 0 Å².